The van der Waals surface area contributed by atoms with Crippen LogP contribution in [0.15, 0.2) is 18.2 Å². The van der Waals surface area contributed by atoms with Gasteiger partial charge in [-0.15, -0.1) is 0 Å². The summed E-state index contributed by atoms with van der Waals surface area (Å²) in [5.41, 5.74) is 4.68. The third-order valence-corrected chi connectivity index (χ3v) is 1.94. The number of nitrogens with two attached hydrogens (primary N) is 1. The van der Waals surface area contributed by atoms with Crippen LogP contribution in [-0.2, 0) is 0 Å². The minimum atomic E-state index is -2.80. The molecular formula is C9H9F4N. The molecule has 0 heterocycles. The highest BCUT2D eigenvalue weighted by molar-refractivity contribution is 5.23. The normalized spacial score (nSPS) is 13.3. The first-order valence-electron chi connectivity index (χ1n) is 4.00. The van der Waals surface area contributed by atoms with Gasteiger partial charge in [-0.3, -0.25) is 0 Å². The van der Waals surface area contributed by atoms with Gasteiger partial charge in [-0.1, -0.05) is 12.1 Å². The zero-order valence-corrected chi connectivity index (χ0v) is 7.18. The van der Waals surface area contributed by atoms with E-state index < -0.39 is 30.5 Å². The van der Waals surface area contributed by atoms with Gasteiger partial charge < -0.3 is 5.73 Å². The molecule has 78 valence electrons. The Balaban J connectivity index is 3.10. The van der Waals surface area contributed by atoms with Crippen LogP contribution in [0.2, 0.25) is 0 Å². The van der Waals surface area contributed by atoms with Crippen molar-refractivity contribution in [3.63, 3.8) is 0 Å². The highest BCUT2D eigenvalue weighted by Crippen LogP contribution is 2.25. The Morgan fingerprint density at radius 1 is 1.21 bits per heavy atom. The van der Waals surface area contributed by atoms with Gasteiger partial charge in [-0.05, 0) is 6.07 Å². The summed E-state index contributed by atoms with van der Waals surface area (Å²) in [5, 5.41) is 0. The molecule has 14 heavy (non-hydrogen) atoms. The maximum absolute atomic E-state index is 13.0. The van der Waals surface area contributed by atoms with Crippen LogP contribution in [0.3, 0.4) is 0 Å². The van der Waals surface area contributed by atoms with Gasteiger partial charge in [0.05, 0.1) is 5.92 Å². The third-order valence-electron chi connectivity index (χ3n) is 1.94. The molecule has 1 atom stereocenters. The fraction of sp³-hybridized carbons (Fsp3) is 0.333. The lowest BCUT2D eigenvalue weighted by molar-refractivity contribution is 0.115. The summed E-state index contributed by atoms with van der Waals surface area (Å²) in [5.74, 6) is -3.84. The van der Waals surface area contributed by atoms with E-state index in [4.69, 9.17) is 5.73 Å². The average molecular weight is 207 g/mol. The van der Waals surface area contributed by atoms with Gasteiger partial charge in [0.2, 0.25) is 6.43 Å². The number of rotatable bonds is 3. The van der Waals surface area contributed by atoms with E-state index in [0.717, 1.165) is 12.1 Å². The van der Waals surface area contributed by atoms with Gasteiger partial charge in [-0.25, -0.2) is 17.6 Å². The number of alkyl halides is 2. The van der Waals surface area contributed by atoms with Gasteiger partial charge in [0.15, 0.2) is 11.6 Å². The molecule has 1 nitrogen and oxygen atoms in total. The first-order chi connectivity index (χ1) is 6.57. The summed E-state index contributed by atoms with van der Waals surface area (Å²) in [6.45, 7) is -0.419. The molecule has 0 saturated heterocycles. The van der Waals surface area contributed by atoms with Crippen molar-refractivity contribution < 1.29 is 17.6 Å². The topological polar surface area (TPSA) is 26.0 Å². The van der Waals surface area contributed by atoms with Gasteiger partial charge in [0, 0.05) is 12.1 Å². The lowest BCUT2D eigenvalue weighted by atomic mass is 9.99. The van der Waals surface area contributed by atoms with Crippen LogP contribution in [0.25, 0.3) is 0 Å². The largest absolute Gasteiger partial charge is 0.330 e. The van der Waals surface area contributed by atoms with E-state index in [1.165, 1.54) is 6.07 Å². The van der Waals surface area contributed by atoms with Crippen LogP contribution in [0, 0.1) is 11.6 Å². The lowest BCUT2D eigenvalue weighted by Crippen LogP contribution is -2.21. The second-order valence-electron chi connectivity index (χ2n) is 2.82. The minimum Gasteiger partial charge on any atom is -0.330 e. The van der Waals surface area contributed by atoms with E-state index in [1.54, 1.807) is 0 Å². The molecule has 2 N–H and O–H groups in total. The van der Waals surface area contributed by atoms with Crippen molar-refractivity contribution >= 4 is 0 Å². The zero-order chi connectivity index (χ0) is 10.7. The van der Waals surface area contributed by atoms with Crippen molar-refractivity contribution in [1.29, 1.82) is 0 Å². The summed E-state index contributed by atoms with van der Waals surface area (Å²) in [4.78, 5) is 0. The molecule has 0 fully saturated rings. The molecule has 1 aromatic rings. The van der Waals surface area contributed by atoms with Crippen molar-refractivity contribution in [1.82, 2.24) is 0 Å². The summed E-state index contributed by atoms with van der Waals surface area (Å²) in [7, 11) is 0. The Morgan fingerprint density at radius 2 is 1.86 bits per heavy atom. The number of halogens is 4. The molecule has 0 spiro atoms. The second kappa shape index (κ2) is 4.41. The Morgan fingerprint density at radius 3 is 2.36 bits per heavy atom. The molecule has 0 aliphatic rings. The Hall–Kier alpha value is -1.10. The molecular weight excluding hydrogens is 198 g/mol. The summed E-state index contributed by atoms with van der Waals surface area (Å²) in [6.07, 6.45) is -2.80. The monoisotopic (exact) mass is 207 g/mol. The number of hydrogen-bond donors (Lipinski definition) is 1. The van der Waals surface area contributed by atoms with Crippen molar-refractivity contribution in [2.24, 2.45) is 5.73 Å². The molecule has 0 aromatic heterocycles. The standard InChI is InChI=1S/C9H9F4N/c10-7-3-1-2-5(8(7)11)6(4-14)9(12)13/h1-3,6,9H,4,14H2. The molecule has 5 heteroatoms. The Labute approximate surface area is 78.5 Å². The first-order valence-corrected chi connectivity index (χ1v) is 4.00. The van der Waals surface area contributed by atoms with E-state index in [1.807, 2.05) is 0 Å². The molecule has 0 bridgehead atoms. The fourth-order valence-corrected chi connectivity index (χ4v) is 1.17. The van der Waals surface area contributed by atoms with Crippen LogP contribution in [0.4, 0.5) is 17.6 Å². The molecule has 1 unspecified atom stereocenters. The van der Waals surface area contributed by atoms with Crippen molar-refractivity contribution in [2.45, 2.75) is 12.3 Å². The molecule has 0 aliphatic heterocycles. The van der Waals surface area contributed by atoms with Crippen LogP contribution in [0.1, 0.15) is 11.5 Å². The molecule has 1 rings (SSSR count). The van der Waals surface area contributed by atoms with Gasteiger partial charge in [0.1, 0.15) is 0 Å². The predicted octanol–water partition coefficient (Wildman–Crippen LogP) is 2.27. The molecule has 0 radical (unpaired) electrons. The van der Waals surface area contributed by atoms with E-state index in [2.05, 4.69) is 0 Å². The van der Waals surface area contributed by atoms with Gasteiger partial charge in [0.25, 0.3) is 0 Å². The first kappa shape index (κ1) is 11.0. The smallest absolute Gasteiger partial charge is 0.246 e. The minimum absolute atomic E-state index is 0.373. The Kier molecular flexibility index (Phi) is 3.46. The highest BCUT2D eigenvalue weighted by Gasteiger charge is 2.24. The van der Waals surface area contributed by atoms with Crippen LogP contribution in [-0.4, -0.2) is 13.0 Å². The summed E-state index contributed by atoms with van der Waals surface area (Å²) >= 11 is 0. The summed E-state index contributed by atoms with van der Waals surface area (Å²) in [6, 6.07) is 3.17. The van der Waals surface area contributed by atoms with Crippen molar-refractivity contribution in [2.75, 3.05) is 6.54 Å². The lowest BCUT2D eigenvalue weighted by Gasteiger charge is -2.14. The maximum Gasteiger partial charge on any atom is 0.246 e. The van der Waals surface area contributed by atoms with Crippen LogP contribution in [0.5, 0.6) is 0 Å². The highest BCUT2D eigenvalue weighted by atomic mass is 19.3. The molecule has 0 aliphatic carbocycles. The fourth-order valence-electron chi connectivity index (χ4n) is 1.17. The van der Waals surface area contributed by atoms with Crippen molar-refractivity contribution in [3.8, 4) is 0 Å². The van der Waals surface area contributed by atoms with E-state index >= 15 is 0 Å². The quantitative estimate of drug-likeness (QED) is 0.756. The average Bonchev–Trinajstić information content (AvgIpc) is 2.13. The number of benzene rings is 1. The van der Waals surface area contributed by atoms with E-state index in [0.29, 0.717) is 0 Å². The van der Waals surface area contributed by atoms with Crippen LogP contribution < -0.4 is 5.73 Å². The molecule has 1 aromatic carbocycles. The molecule has 0 saturated carbocycles. The van der Waals surface area contributed by atoms with Gasteiger partial charge in [-0.2, -0.15) is 0 Å². The third kappa shape index (κ3) is 2.04. The Bertz CT molecular complexity index is 314. The van der Waals surface area contributed by atoms with Crippen molar-refractivity contribution in [3.05, 3.63) is 35.4 Å². The van der Waals surface area contributed by atoms with Crippen LogP contribution >= 0.6 is 0 Å². The number of hydrogen-bond acceptors (Lipinski definition) is 1. The van der Waals surface area contributed by atoms with Gasteiger partial charge >= 0.3 is 0 Å². The maximum atomic E-state index is 13.0. The zero-order valence-electron chi connectivity index (χ0n) is 7.18. The van der Waals surface area contributed by atoms with E-state index in [9.17, 15) is 17.6 Å². The molecule has 0 amide bonds. The summed E-state index contributed by atoms with van der Waals surface area (Å²) < 4.78 is 50.4. The second-order valence-corrected chi connectivity index (χ2v) is 2.82. The SMILES string of the molecule is NCC(c1cccc(F)c1F)C(F)F. The van der Waals surface area contributed by atoms with E-state index in [-0.39, 0.29) is 5.56 Å². The predicted molar refractivity (Wildman–Crippen MR) is 44.2 cm³/mol.